The van der Waals surface area contributed by atoms with E-state index in [0.29, 0.717) is 17.1 Å². The van der Waals surface area contributed by atoms with Gasteiger partial charge in [-0.1, -0.05) is 12.1 Å². The van der Waals surface area contributed by atoms with Crippen LogP contribution < -0.4 is 14.8 Å². The maximum absolute atomic E-state index is 12.4. The first-order valence-corrected chi connectivity index (χ1v) is 9.07. The van der Waals surface area contributed by atoms with Crippen molar-refractivity contribution >= 4 is 17.5 Å². The van der Waals surface area contributed by atoms with Gasteiger partial charge in [0.2, 0.25) is 0 Å². The van der Waals surface area contributed by atoms with Crippen LogP contribution in [0, 0.1) is 6.92 Å². The van der Waals surface area contributed by atoms with E-state index in [2.05, 4.69) is 10.3 Å². The van der Waals surface area contributed by atoms with E-state index in [1.807, 2.05) is 25.1 Å². The molecule has 0 radical (unpaired) electrons. The third-order valence-electron chi connectivity index (χ3n) is 4.47. The minimum absolute atomic E-state index is 0.152. The van der Waals surface area contributed by atoms with Crippen LogP contribution in [0.5, 0.6) is 11.5 Å². The fraction of sp³-hybridized carbons (Fsp3) is 0.286. The number of amides is 1. The van der Waals surface area contributed by atoms with E-state index >= 15 is 0 Å². The summed E-state index contributed by atoms with van der Waals surface area (Å²) in [6.45, 7) is 3.69. The van der Waals surface area contributed by atoms with Gasteiger partial charge in [0.1, 0.15) is 5.65 Å². The number of carbonyl (C=O) groups excluding carboxylic acids is 2. The highest BCUT2D eigenvalue weighted by atomic mass is 16.5. The number of imidazole rings is 1. The van der Waals surface area contributed by atoms with Crippen molar-refractivity contribution in [1.29, 1.82) is 0 Å². The standard InChI is InChI=1S/C21H23N3O5/c1-13-6-5-7-19-23-16(12-24(13)19)21(26)29-14(2)20(25)22-11-15-8-9-17(27-3)18(10-15)28-4/h5-10,12,14H,11H2,1-4H3,(H,22,25). The summed E-state index contributed by atoms with van der Waals surface area (Å²) < 4.78 is 17.5. The van der Waals surface area contributed by atoms with Crippen LogP contribution in [-0.4, -0.2) is 41.6 Å². The molecule has 0 aliphatic carbocycles. The van der Waals surface area contributed by atoms with E-state index in [9.17, 15) is 9.59 Å². The molecule has 8 heteroatoms. The van der Waals surface area contributed by atoms with Crippen molar-refractivity contribution in [2.45, 2.75) is 26.5 Å². The van der Waals surface area contributed by atoms with Gasteiger partial charge >= 0.3 is 5.97 Å². The van der Waals surface area contributed by atoms with E-state index < -0.39 is 18.0 Å². The zero-order chi connectivity index (χ0) is 21.0. The summed E-state index contributed by atoms with van der Waals surface area (Å²) in [5.74, 6) is 0.114. The van der Waals surface area contributed by atoms with Crippen LogP contribution in [-0.2, 0) is 16.1 Å². The maximum atomic E-state index is 12.4. The summed E-state index contributed by atoms with van der Waals surface area (Å²) in [6.07, 6.45) is 0.634. The molecular formula is C21H23N3O5. The number of carbonyl (C=O) groups is 2. The lowest BCUT2D eigenvalue weighted by Gasteiger charge is -2.14. The zero-order valence-electron chi connectivity index (χ0n) is 16.8. The third kappa shape index (κ3) is 4.48. The molecule has 0 saturated heterocycles. The number of aryl methyl sites for hydroxylation is 1. The zero-order valence-corrected chi connectivity index (χ0v) is 16.8. The van der Waals surface area contributed by atoms with Gasteiger partial charge in [-0.3, -0.25) is 4.79 Å². The molecule has 152 valence electrons. The van der Waals surface area contributed by atoms with Gasteiger partial charge in [0, 0.05) is 18.4 Å². The minimum Gasteiger partial charge on any atom is -0.493 e. The second-order valence-electron chi connectivity index (χ2n) is 6.48. The van der Waals surface area contributed by atoms with Gasteiger partial charge in [-0.25, -0.2) is 9.78 Å². The van der Waals surface area contributed by atoms with Crippen LogP contribution in [0.15, 0.2) is 42.6 Å². The number of pyridine rings is 1. The number of esters is 1. The molecular weight excluding hydrogens is 374 g/mol. The lowest BCUT2D eigenvalue weighted by atomic mass is 10.2. The Labute approximate surface area is 168 Å². The second kappa shape index (κ2) is 8.64. The average molecular weight is 397 g/mol. The summed E-state index contributed by atoms with van der Waals surface area (Å²) in [7, 11) is 3.10. The van der Waals surface area contributed by atoms with Gasteiger partial charge in [-0.2, -0.15) is 0 Å². The Hall–Kier alpha value is -3.55. The molecule has 1 amide bonds. The van der Waals surface area contributed by atoms with Crippen molar-refractivity contribution in [3.63, 3.8) is 0 Å². The number of aromatic nitrogens is 2. The SMILES string of the molecule is COc1ccc(CNC(=O)C(C)OC(=O)c2cn3c(C)cccc3n2)cc1OC. The number of benzene rings is 1. The van der Waals surface area contributed by atoms with Crippen LogP contribution in [0.2, 0.25) is 0 Å². The molecule has 1 unspecified atom stereocenters. The van der Waals surface area contributed by atoms with Gasteiger partial charge in [-0.15, -0.1) is 0 Å². The Morgan fingerprint density at radius 1 is 1.14 bits per heavy atom. The fourth-order valence-corrected chi connectivity index (χ4v) is 2.84. The van der Waals surface area contributed by atoms with Crippen molar-refractivity contribution in [2.75, 3.05) is 14.2 Å². The molecule has 3 rings (SSSR count). The Bertz CT molecular complexity index is 1040. The topological polar surface area (TPSA) is 91.2 Å². The first-order chi connectivity index (χ1) is 13.9. The predicted octanol–water partition coefficient (Wildman–Crippen LogP) is 2.52. The van der Waals surface area contributed by atoms with E-state index in [1.54, 1.807) is 43.0 Å². The number of rotatable bonds is 7. The quantitative estimate of drug-likeness (QED) is 0.616. The summed E-state index contributed by atoms with van der Waals surface area (Å²) in [4.78, 5) is 28.9. The van der Waals surface area contributed by atoms with Gasteiger partial charge in [0.05, 0.1) is 14.2 Å². The minimum atomic E-state index is -0.964. The normalized spacial score (nSPS) is 11.7. The molecule has 3 aromatic rings. The Balaban J connectivity index is 1.59. The van der Waals surface area contributed by atoms with Gasteiger partial charge in [-0.05, 0) is 43.7 Å². The number of nitrogens with one attached hydrogen (secondary N) is 1. The summed E-state index contributed by atoms with van der Waals surface area (Å²) in [5.41, 5.74) is 2.56. The molecule has 0 aliphatic rings. The Kier molecular flexibility index (Phi) is 6.01. The fourth-order valence-electron chi connectivity index (χ4n) is 2.84. The van der Waals surface area contributed by atoms with Crippen molar-refractivity contribution in [2.24, 2.45) is 0 Å². The largest absolute Gasteiger partial charge is 0.493 e. The molecule has 0 aliphatic heterocycles. The maximum Gasteiger partial charge on any atom is 0.359 e. The molecule has 2 heterocycles. The molecule has 1 aromatic carbocycles. The Morgan fingerprint density at radius 2 is 1.90 bits per heavy atom. The summed E-state index contributed by atoms with van der Waals surface area (Å²) in [6, 6.07) is 10.9. The molecule has 0 bridgehead atoms. The lowest BCUT2D eigenvalue weighted by molar-refractivity contribution is -0.129. The average Bonchev–Trinajstić information content (AvgIpc) is 3.17. The number of ether oxygens (including phenoxy) is 3. The van der Waals surface area contributed by atoms with Crippen molar-refractivity contribution < 1.29 is 23.8 Å². The van der Waals surface area contributed by atoms with Crippen molar-refractivity contribution in [3.8, 4) is 11.5 Å². The van der Waals surface area contributed by atoms with Crippen LogP contribution in [0.3, 0.4) is 0 Å². The number of hydrogen-bond acceptors (Lipinski definition) is 6. The molecule has 0 fully saturated rings. The van der Waals surface area contributed by atoms with Crippen molar-refractivity contribution in [3.05, 3.63) is 59.5 Å². The van der Waals surface area contributed by atoms with Crippen LogP contribution in [0.25, 0.3) is 5.65 Å². The van der Waals surface area contributed by atoms with Crippen LogP contribution >= 0.6 is 0 Å². The second-order valence-corrected chi connectivity index (χ2v) is 6.48. The number of fused-ring (bicyclic) bond motifs is 1. The first kappa shape index (κ1) is 20.2. The first-order valence-electron chi connectivity index (χ1n) is 9.07. The Morgan fingerprint density at radius 3 is 2.59 bits per heavy atom. The van der Waals surface area contributed by atoms with Crippen LogP contribution in [0.4, 0.5) is 0 Å². The van der Waals surface area contributed by atoms with Gasteiger partial charge in [0.25, 0.3) is 5.91 Å². The van der Waals surface area contributed by atoms with Crippen molar-refractivity contribution in [1.82, 2.24) is 14.7 Å². The molecule has 0 spiro atoms. The number of hydrogen-bond donors (Lipinski definition) is 1. The number of methoxy groups -OCH3 is 2. The molecule has 29 heavy (non-hydrogen) atoms. The van der Waals surface area contributed by atoms with Gasteiger partial charge < -0.3 is 23.9 Å². The molecule has 8 nitrogen and oxygen atoms in total. The number of nitrogens with zero attached hydrogens (tertiary/aromatic N) is 2. The smallest absolute Gasteiger partial charge is 0.359 e. The highest BCUT2D eigenvalue weighted by molar-refractivity contribution is 5.91. The molecule has 2 aromatic heterocycles. The highest BCUT2D eigenvalue weighted by Gasteiger charge is 2.21. The van der Waals surface area contributed by atoms with E-state index in [-0.39, 0.29) is 12.2 Å². The van der Waals surface area contributed by atoms with Gasteiger partial charge in [0.15, 0.2) is 23.3 Å². The predicted molar refractivity (Wildman–Crippen MR) is 106 cm³/mol. The monoisotopic (exact) mass is 397 g/mol. The lowest BCUT2D eigenvalue weighted by Crippen LogP contribution is -2.35. The molecule has 0 saturated carbocycles. The molecule has 1 atom stereocenters. The molecule has 1 N–H and O–H groups in total. The highest BCUT2D eigenvalue weighted by Crippen LogP contribution is 2.27. The van der Waals surface area contributed by atoms with Crippen LogP contribution in [0.1, 0.15) is 28.7 Å². The third-order valence-corrected chi connectivity index (χ3v) is 4.47. The van der Waals surface area contributed by atoms with E-state index in [4.69, 9.17) is 14.2 Å². The van der Waals surface area contributed by atoms with E-state index in [1.165, 1.54) is 6.92 Å². The summed E-state index contributed by atoms with van der Waals surface area (Å²) >= 11 is 0. The van der Waals surface area contributed by atoms with E-state index in [0.717, 1.165) is 11.3 Å². The summed E-state index contributed by atoms with van der Waals surface area (Å²) in [5, 5.41) is 2.74.